The Kier molecular flexibility index (Phi) is 4.22. The van der Waals surface area contributed by atoms with Crippen molar-refractivity contribution in [1.82, 2.24) is 9.66 Å². The van der Waals surface area contributed by atoms with Gasteiger partial charge in [0.25, 0.3) is 5.56 Å². The normalized spacial score (nSPS) is 12.9. The molecule has 0 bridgehead atoms. The Morgan fingerprint density at radius 3 is 2.79 bits per heavy atom. The highest BCUT2D eigenvalue weighted by Gasteiger charge is 2.16. The van der Waals surface area contributed by atoms with Crippen molar-refractivity contribution in [3.63, 3.8) is 0 Å². The SMILES string of the molecule is O=c1c2c(-c3ccccc3)csc2ncn1/N=C/c1cc2c(cc1Br)OCO2. The summed E-state index contributed by atoms with van der Waals surface area (Å²) in [5, 5.41) is 6.85. The van der Waals surface area contributed by atoms with E-state index in [0.717, 1.165) is 21.2 Å². The molecule has 0 fully saturated rings. The molecular formula is C20H12BrN3O3S. The van der Waals surface area contributed by atoms with Gasteiger partial charge in [-0.25, -0.2) is 4.98 Å². The first-order chi connectivity index (χ1) is 13.7. The van der Waals surface area contributed by atoms with Crippen LogP contribution in [-0.2, 0) is 0 Å². The molecule has 138 valence electrons. The van der Waals surface area contributed by atoms with Crippen molar-refractivity contribution >= 4 is 43.7 Å². The lowest BCUT2D eigenvalue weighted by Gasteiger charge is -2.03. The van der Waals surface area contributed by atoms with Gasteiger partial charge in [0, 0.05) is 21.0 Å². The summed E-state index contributed by atoms with van der Waals surface area (Å²) in [6, 6.07) is 13.4. The molecule has 2 aromatic heterocycles. The number of aromatic nitrogens is 2. The zero-order valence-corrected chi connectivity index (χ0v) is 16.7. The average Bonchev–Trinajstić information content (AvgIpc) is 3.35. The molecule has 0 N–H and O–H groups in total. The molecule has 1 aliphatic rings. The minimum atomic E-state index is -0.210. The lowest BCUT2D eigenvalue weighted by molar-refractivity contribution is 0.174. The van der Waals surface area contributed by atoms with Gasteiger partial charge in [-0.15, -0.1) is 11.3 Å². The molecule has 0 unspecified atom stereocenters. The number of nitrogens with zero attached hydrogens (tertiary/aromatic N) is 3. The number of fused-ring (bicyclic) bond motifs is 2. The zero-order chi connectivity index (χ0) is 19.1. The van der Waals surface area contributed by atoms with Crippen LogP contribution in [0.1, 0.15) is 5.56 Å². The van der Waals surface area contributed by atoms with Gasteiger partial charge in [-0.05, 0) is 33.6 Å². The average molecular weight is 454 g/mol. The molecule has 0 spiro atoms. The van der Waals surface area contributed by atoms with Crippen LogP contribution in [-0.4, -0.2) is 22.7 Å². The van der Waals surface area contributed by atoms with Crippen LogP contribution >= 0.6 is 27.3 Å². The Balaban J connectivity index is 1.58. The minimum absolute atomic E-state index is 0.197. The lowest BCUT2D eigenvalue weighted by atomic mass is 10.1. The topological polar surface area (TPSA) is 65.7 Å². The first-order valence-corrected chi connectivity index (χ1v) is 10.1. The summed E-state index contributed by atoms with van der Waals surface area (Å²) in [6.07, 6.45) is 3.03. The number of hydrogen-bond acceptors (Lipinski definition) is 6. The maximum absolute atomic E-state index is 13.0. The molecule has 2 aromatic carbocycles. The van der Waals surface area contributed by atoms with Gasteiger partial charge in [0.2, 0.25) is 6.79 Å². The van der Waals surface area contributed by atoms with Crippen LogP contribution in [0.2, 0.25) is 0 Å². The molecule has 0 radical (unpaired) electrons. The van der Waals surface area contributed by atoms with E-state index in [0.29, 0.717) is 21.7 Å². The molecule has 6 nitrogen and oxygen atoms in total. The summed E-state index contributed by atoms with van der Waals surface area (Å²) >= 11 is 4.94. The predicted octanol–water partition coefficient (Wildman–Crippen LogP) is 4.50. The molecular weight excluding hydrogens is 442 g/mol. The minimum Gasteiger partial charge on any atom is -0.454 e. The molecule has 1 aliphatic heterocycles. The van der Waals surface area contributed by atoms with Crippen molar-refractivity contribution in [3.8, 4) is 22.6 Å². The van der Waals surface area contributed by atoms with Crippen LogP contribution in [0.3, 0.4) is 0 Å². The first-order valence-electron chi connectivity index (χ1n) is 8.38. The number of rotatable bonds is 3. The zero-order valence-electron chi connectivity index (χ0n) is 14.3. The molecule has 5 rings (SSSR count). The maximum atomic E-state index is 13.0. The number of thiophene rings is 1. The molecule has 0 saturated heterocycles. The van der Waals surface area contributed by atoms with Crippen LogP contribution in [0.5, 0.6) is 11.5 Å². The van der Waals surface area contributed by atoms with Crippen molar-refractivity contribution < 1.29 is 9.47 Å². The van der Waals surface area contributed by atoms with E-state index in [1.807, 2.05) is 47.8 Å². The molecule has 8 heteroatoms. The third kappa shape index (κ3) is 2.90. The van der Waals surface area contributed by atoms with E-state index in [9.17, 15) is 4.79 Å². The van der Waals surface area contributed by atoms with Gasteiger partial charge in [-0.3, -0.25) is 4.79 Å². The van der Waals surface area contributed by atoms with Gasteiger partial charge < -0.3 is 9.47 Å². The van der Waals surface area contributed by atoms with Crippen LogP contribution in [0.25, 0.3) is 21.3 Å². The van der Waals surface area contributed by atoms with Crippen LogP contribution in [0.15, 0.2) is 68.5 Å². The van der Waals surface area contributed by atoms with E-state index in [2.05, 4.69) is 26.0 Å². The highest BCUT2D eigenvalue weighted by Crippen LogP contribution is 2.36. The first kappa shape index (κ1) is 17.2. The second-order valence-electron chi connectivity index (χ2n) is 6.06. The Morgan fingerprint density at radius 1 is 1.18 bits per heavy atom. The molecule has 4 aromatic rings. The summed E-state index contributed by atoms with van der Waals surface area (Å²) in [6.45, 7) is 0.197. The highest BCUT2D eigenvalue weighted by atomic mass is 79.9. The second-order valence-corrected chi connectivity index (χ2v) is 7.77. The molecule has 0 atom stereocenters. The van der Waals surface area contributed by atoms with E-state index < -0.39 is 0 Å². The lowest BCUT2D eigenvalue weighted by Crippen LogP contribution is -2.16. The second kappa shape index (κ2) is 6.88. The molecule has 0 saturated carbocycles. The van der Waals surface area contributed by atoms with Gasteiger partial charge in [0.1, 0.15) is 11.2 Å². The van der Waals surface area contributed by atoms with Crippen molar-refractivity contribution in [1.29, 1.82) is 0 Å². The van der Waals surface area contributed by atoms with Crippen LogP contribution < -0.4 is 15.0 Å². The number of hydrogen-bond donors (Lipinski definition) is 0. The summed E-state index contributed by atoms with van der Waals surface area (Å²) in [7, 11) is 0. The Bertz CT molecular complexity index is 1280. The number of halogens is 1. The maximum Gasteiger partial charge on any atom is 0.283 e. The summed E-state index contributed by atoms with van der Waals surface area (Å²) in [5.74, 6) is 1.32. The van der Waals surface area contributed by atoms with Crippen molar-refractivity contribution in [3.05, 3.63) is 74.6 Å². The van der Waals surface area contributed by atoms with Gasteiger partial charge in [-0.1, -0.05) is 30.3 Å². The number of benzene rings is 2. The fourth-order valence-electron chi connectivity index (χ4n) is 2.99. The third-order valence-electron chi connectivity index (χ3n) is 4.38. The Hall–Kier alpha value is -2.97. The van der Waals surface area contributed by atoms with Crippen molar-refractivity contribution in [2.24, 2.45) is 5.10 Å². The third-order valence-corrected chi connectivity index (χ3v) is 5.95. The Labute approximate surface area is 171 Å². The molecule has 28 heavy (non-hydrogen) atoms. The van der Waals surface area contributed by atoms with Crippen LogP contribution in [0, 0.1) is 0 Å². The quantitative estimate of drug-likeness (QED) is 0.428. The fourth-order valence-corrected chi connectivity index (χ4v) is 4.32. The smallest absolute Gasteiger partial charge is 0.283 e. The van der Waals surface area contributed by atoms with Gasteiger partial charge in [0.05, 0.1) is 11.6 Å². The Morgan fingerprint density at radius 2 is 1.96 bits per heavy atom. The van der Waals surface area contributed by atoms with E-state index in [1.165, 1.54) is 22.3 Å². The van der Waals surface area contributed by atoms with E-state index >= 15 is 0 Å². The number of ether oxygens (including phenoxy) is 2. The predicted molar refractivity (Wildman–Crippen MR) is 113 cm³/mol. The summed E-state index contributed by atoms with van der Waals surface area (Å²) < 4.78 is 12.8. The molecule has 0 amide bonds. The fraction of sp³-hybridized carbons (Fsp3) is 0.0500. The highest BCUT2D eigenvalue weighted by molar-refractivity contribution is 9.10. The largest absolute Gasteiger partial charge is 0.454 e. The van der Waals surface area contributed by atoms with Crippen molar-refractivity contribution in [2.45, 2.75) is 0 Å². The van der Waals surface area contributed by atoms with Crippen molar-refractivity contribution in [2.75, 3.05) is 6.79 Å². The van der Waals surface area contributed by atoms with E-state index in [-0.39, 0.29) is 12.4 Å². The molecule has 0 aliphatic carbocycles. The standard InChI is InChI=1S/C20H12BrN3O3S/c21-15-7-17-16(26-11-27-17)6-13(15)8-23-24-10-22-19-18(20(24)25)14(9-28-19)12-4-2-1-3-5-12/h1-10H,11H2/b23-8+. The summed E-state index contributed by atoms with van der Waals surface area (Å²) in [4.78, 5) is 18.1. The van der Waals surface area contributed by atoms with Gasteiger partial charge in [0.15, 0.2) is 11.5 Å². The van der Waals surface area contributed by atoms with Gasteiger partial charge in [-0.2, -0.15) is 9.78 Å². The van der Waals surface area contributed by atoms with E-state index in [1.54, 1.807) is 6.21 Å². The molecule has 3 heterocycles. The summed E-state index contributed by atoms with van der Waals surface area (Å²) in [5.41, 5.74) is 2.41. The monoisotopic (exact) mass is 453 g/mol. The van der Waals surface area contributed by atoms with E-state index in [4.69, 9.17) is 9.47 Å². The van der Waals surface area contributed by atoms with Gasteiger partial charge >= 0.3 is 0 Å². The van der Waals surface area contributed by atoms with Crippen LogP contribution in [0.4, 0.5) is 0 Å².